The predicted octanol–water partition coefficient (Wildman–Crippen LogP) is 0.0174. The first-order chi connectivity index (χ1) is 7.51. The number of carbonyl (C=O) groups is 1. The lowest BCUT2D eigenvalue weighted by Gasteiger charge is -2.29. The number of nitrogens with zero attached hydrogens (tertiary/aromatic N) is 1. The molecule has 0 aromatic heterocycles. The zero-order valence-corrected chi connectivity index (χ0v) is 10.3. The maximum atomic E-state index is 11.1. The van der Waals surface area contributed by atoms with Crippen LogP contribution in [0.15, 0.2) is 0 Å². The van der Waals surface area contributed by atoms with E-state index in [-0.39, 0.29) is 0 Å². The van der Waals surface area contributed by atoms with Crippen molar-refractivity contribution in [3.05, 3.63) is 0 Å². The second-order valence-electron chi connectivity index (χ2n) is 4.73. The van der Waals surface area contributed by atoms with E-state index >= 15 is 0 Å². The number of likely N-dealkylation sites (tertiary alicyclic amines) is 1. The van der Waals surface area contributed by atoms with E-state index in [0.717, 1.165) is 26.1 Å². The molecule has 0 spiro atoms. The zero-order chi connectivity index (χ0) is 12.2. The van der Waals surface area contributed by atoms with Gasteiger partial charge in [-0.05, 0) is 32.9 Å². The average molecular weight is 230 g/mol. The van der Waals surface area contributed by atoms with E-state index in [9.17, 15) is 4.79 Å². The molecule has 0 aliphatic carbocycles. The molecule has 0 saturated carbocycles. The molecule has 5 heteroatoms. The molecule has 1 rings (SSSR count). The summed E-state index contributed by atoms with van der Waals surface area (Å²) in [6.45, 7) is 4.91. The molecule has 0 aromatic rings. The molecule has 1 aliphatic rings. The molecule has 0 bridgehead atoms. The summed E-state index contributed by atoms with van der Waals surface area (Å²) in [5.74, 6) is -0.259. The maximum Gasteiger partial charge on any atom is 0.324 e. The number of likely N-dealkylation sites (N-methyl/N-ethyl adjacent to an activating group) is 1. The smallest absolute Gasteiger partial charge is 0.324 e. The van der Waals surface area contributed by atoms with Crippen molar-refractivity contribution >= 4 is 5.97 Å². The summed E-state index contributed by atoms with van der Waals surface area (Å²) < 4.78 is 5.12. The summed E-state index contributed by atoms with van der Waals surface area (Å²) >= 11 is 0. The number of hydrogen-bond donors (Lipinski definition) is 2. The minimum Gasteiger partial charge on any atom is -0.480 e. The van der Waals surface area contributed by atoms with Gasteiger partial charge in [-0.25, -0.2) is 0 Å². The molecule has 0 amide bonds. The highest BCUT2D eigenvalue weighted by atomic mass is 16.5. The van der Waals surface area contributed by atoms with E-state index < -0.39 is 11.5 Å². The van der Waals surface area contributed by atoms with Gasteiger partial charge in [0.2, 0.25) is 0 Å². The lowest BCUT2D eigenvalue weighted by molar-refractivity contribution is -0.144. The summed E-state index contributed by atoms with van der Waals surface area (Å²) in [6.07, 6.45) is 1.09. The van der Waals surface area contributed by atoms with Gasteiger partial charge in [-0.1, -0.05) is 0 Å². The number of ether oxygens (including phenoxy) is 1. The molecule has 94 valence electrons. The van der Waals surface area contributed by atoms with Crippen LogP contribution in [0.5, 0.6) is 0 Å². The number of nitrogens with one attached hydrogen (secondary N) is 1. The summed E-state index contributed by atoms with van der Waals surface area (Å²) in [6, 6.07) is 0. The molecular weight excluding hydrogens is 208 g/mol. The second kappa shape index (κ2) is 5.61. The molecule has 1 aliphatic heterocycles. The molecule has 2 atom stereocenters. The third kappa shape index (κ3) is 3.17. The van der Waals surface area contributed by atoms with Crippen LogP contribution in [-0.2, 0) is 9.53 Å². The summed E-state index contributed by atoms with van der Waals surface area (Å²) in [5, 5.41) is 12.0. The van der Waals surface area contributed by atoms with Gasteiger partial charge in [0.25, 0.3) is 0 Å². The summed E-state index contributed by atoms with van der Waals surface area (Å²) in [4.78, 5) is 13.3. The van der Waals surface area contributed by atoms with Crippen LogP contribution in [0, 0.1) is 5.92 Å². The van der Waals surface area contributed by atoms with Crippen molar-refractivity contribution in [2.45, 2.75) is 18.9 Å². The van der Waals surface area contributed by atoms with Crippen LogP contribution in [0.25, 0.3) is 0 Å². The number of rotatable bonds is 6. The van der Waals surface area contributed by atoms with Gasteiger partial charge in [0.1, 0.15) is 5.54 Å². The highest BCUT2D eigenvalue weighted by Gasteiger charge is 2.35. The average Bonchev–Trinajstić information content (AvgIpc) is 2.65. The lowest BCUT2D eigenvalue weighted by atomic mass is 10.0. The third-order valence-corrected chi connectivity index (χ3v) is 3.34. The molecule has 2 N–H and O–H groups in total. The number of carboxylic acid groups (broad SMARTS) is 1. The van der Waals surface area contributed by atoms with Crippen LogP contribution >= 0.6 is 0 Å². The van der Waals surface area contributed by atoms with Crippen LogP contribution in [0.2, 0.25) is 0 Å². The Balaban J connectivity index is 2.46. The van der Waals surface area contributed by atoms with E-state index in [1.807, 2.05) is 0 Å². The van der Waals surface area contributed by atoms with Crippen molar-refractivity contribution in [3.63, 3.8) is 0 Å². The Bertz CT molecular complexity index is 247. The minimum absolute atomic E-state index is 0.541. The summed E-state index contributed by atoms with van der Waals surface area (Å²) in [5.41, 5.74) is -0.859. The Morgan fingerprint density at radius 1 is 1.69 bits per heavy atom. The van der Waals surface area contributed by atoms with E-state index in [0.29, 0.717) is 12.5 Å². The van der Waals surface area contributed by atoms with Crippen molar-refractivity contribution < 1.29 is 14.6 Å². The van der Waals surface area contributed by atoms with E-state index in [1.54, 1.807) is 21.1 Å². The van der Waals surface area contributed by atoms with Crippen molar-refractivity contribution in [3.8, 4) is 0 Å². The molecule has 1 heterocycles. The van der Waals surface area contributed by atoms with Crippen LogP contribution in [0.1, 0.15) is 13.3 Å². The first kappa shape index (κ1) is 13.4. The van der Waals surface area contributed by atoms with Gasteiger partial charge in [-0.15, -0.1) is 0 Å². The van der Waals surface area contributed by atoms with E-state index in [2.05, 4.69) is 10.2 Å². The highest BCUT2D eigenvalue weighted by molar-refractivity contribution is 5.78. The Labute approximate surface area is 96.8 Å². The first-order valence-corrected chi connectivity index (χ1v) is 5.65. The van der Waals surface area contributed by atoms with Gasteiger partial charge in [0.05, 0.1) is 6.61 Å². The van der Waals surface area contributed by atoms with Gasteiger partial charge in [-0.3, -0.25) is 4.79 Å². The molecule has 0 radical (unpaired) electrons. The number of aliphatic carboxylic acids is 1. The number of carboxylic acids is 1. The molecule has 16 heavy (non-hydrogen) atoms. The molecule has 5 nitrogen and oxygen atoms in total. The van der Waals surface area contributed by atoms with Crippen molar-refractivity contribution in [2.24, 2.45) is 5.92 Å². The van der Waals surface area contributed by atoms with Crippen molar-refractivity contribution in [1.29, 1.82) is 0 Å². The van der Waals surface area contributed by atoms with Crippen LogP contribution in [-0.4, -0.2) is 61.9 Å². The standard InChI is InChI=1S/C11H22N2O3/c1-11(12-2,10(14)15)8-13-5-4-9(6-13)7-16-3/h9,12H,4-8H2,1-3H3,(H,14,15). The normalized spacial score (nSPS) is 25.6. The molecule has 0 aromatic carbocycles. The van der Waals surface area contributed by atoms with Crippen LogP contribution in [0.3, 0.4) is 0 Å². The molecule has 1 saturated heterocycles. The largest absolute Gasteiger partial charge is 0.480 e. The Kier molecular flexibility index (Phi) is 4.70. The fourth-order valence-electron chi connectivity index (χ4n) is 2.13. The maximum absolute atomic E-state index is 11.1. The van der Waals surface area contributed by atoms with Crippen LogP contribution in [0.4, 0.5) is 0 Å². The highest BCUT2D eigenvalue weighted by Crippen LogP contribution is 2.19. The Morgan fingerprint density at radius 2 is 2.38 bits per heavy atom. The molecule has 2 unspecified atom stereocenters. The molecular formula is C11H22N2O3. The zero-order valence-electron chi connectivity index (χ0n) is 10.3. The van der Waals surface area contributed by atoms with Gasteiger partial charge in [-0.2, -0.15) is 0 Å². The van der Waals surface area contributed by atoms with Gasteiger partial charge in [0, 0.05) is 20.2 Å². The van der Waals surface area contributed by atoms with Gasteiger partial charge in [0.15, 0.2) is 0 Å². The van der Waals surface area contributed by atoms with E-state index in [4.69, 9.17) is 9.84 Å². The first-order valence-electron chi connectivity index (χ1n) is 5.65. The monoisotopic (exact) mass is 230 g/mol. The second-order valence-corrected chi connectivity index (χ2v) is 4.73. The Hall–Kier alpha value is -0.650. The topological polar surface area (TPSA) is 61.8 Å². The SMILES string of the molecule is CNC(C)(CN1CCC(COC)C1)C(=O)O. The van der Waals surface area contributed by atoms with Crippen molar-refractivity contribution in [1.82, 2.24) is 10.2 Å². The van der Waals surface area contributed by atoms with Gasteiger partial charge >= 0.3 is 5.97 Å². The molecule has 1 fully saturated rings. The fraction of sp³-hybridized carbons (Fsp3) is 0.909. The van der Waals surface area contributed by atoms with Gasteiger partial charge < -0.3 is 20.1 Å². The lowest BCUT2D eigenvalue weighted by Crippen LogP contribution is -2.55. The predicted molar refractivity (Wildman–Crippen MR) is 61.5 cm³/mol. The number of methoxy groups -OCH3 is 1. The van der Waals surface area contributed by atoms with E-state index in [1.165, 1.54) is 0 Å². The minimum atomic E-state index is -0.859. The third-order valence-electron chi connectivity index (χ3n) is 3.34. The fourth-order valence-corrected chi connectivity index (χ4v) is 2.13. The number of hydrogen-bond acceptors (Lipinski definition) is 4. The van der Waals surface area contributed by atoms with Crippen molar-refractivity contribution in [2.75, 3.05) is 40.4 Å². The van der Waals surface area contributed by atoms with Crippen LogP contribution < -0.4 is 5.32 Å². The summed E-state index contributed by atoms with van der Waals surface area (Å²) in [7, 11) is 3.40. The Morgan fingerprint density at radius 3 is 2.88 bits per heavy atom. The quantitative estimate of drug-likeness (QED) is 0.673.